The van der Waals surface area contributed by atoms with Crippen LogP contribution in [0.1, 0.15) is 79.5 Å². The third kappa shape index (κ3) is 3.76. The first-order valence-electron chi connectivity index (χ1n) is 11.3. The maximum Gasteiger partial charge on any atom is 1.00 e. The van der Waals surface area contributed by atoms with Crippen LogP contribution in [0.15, 0.2) is 11.6 Å². The third-order valence-corrected chi connectivity index (χ3v) is 9.32. The zero-order chi connectivity index (χ0) is 21.0. The molecule has 162 valence electrons. The number of carbonyl (C=O) groups is 3. The summed E-state index contributed by atoms with van der Waals surface area (Å²) in [5.41, 5.74) is 1.06. The van der Waals surface area contributed by atoms with Crippen LogP contribution in [0.2, 0.25) is 0 Å². The van der Waals surface area contributed by atoms with Crippen LogP contribution in [0.3, 0.4) is 0 Å². The molecule has 2 unspecified atom stereocenters. The summed E-state index contributed by atoms with van der Waals surface area (Å²) in [5.74, 6) is 0.606. The van der Waals surface area contributed by atoms with Crippen molar-refractivity contribution in [2.75, 3.05) is 0 Å². The predicted molar refractivity (Wildman–Crippen MR) is 109 cm³/mol. The molecule has 0 heterocycles. The molecule has 0 aliphatic heterocycles. The molecular weight excluding hydrogens is 375 g/mol. The number of allylic oxidation sites excluding steroid dienone is 1. The van der Waals surface area contributed by atoms with Crippen LogP contribution in [0, 0.1) is 34.5 Å². The fraction of sp³-hybridized carbons (Fsp3) is 0.792. The minimum atomic E-state index is -0.950. The molecule has 4 aliphatic rings. The Bertz CT molecular complexity index is 767. The molecule has 3 saturated carbocycles. The van der Waals surface area contributed by atoms with E-state index in [0.29, 0.717) is 30.6 Å². The van der Waals surface area contributed by atoms with Gasteiger partial charge in [0.1, 0.15) is 5.78 Å². The fourth-order valence-electron chi connectivity index (χ4n) is 7.64. The van der Waals surface area contributed by atoms with Crippen molar-refractivity contribution in [3.05, 3.63) is 11.6 Å². The van der Waals surface area contributed by atoms with Crippen molar-refractivity contribution >= 4 is 17.5 Å². The Balaban J connectivity index is 0.00000171. The number of rotatable bonds is 5. The maximum absolute atomic E-state index is 12.5. The molecule has 0 amide bonds. The summed E-state index contributed by atoms with van der Waals surface area (Å²) in [6.07, 6.45) is 8.26. The molecule has 0 saturated heterocycles. The quantitative estimate of drug-likeness (QED) is 0.661. The molecule has 0 bridgehead atoms. The number of aliphatic hydroxyl groups excluding tert-OH is 1. The third-order valence-electron chi connectivity index (χ3n) is 9.32. The van der Waals surface area contributed by atoms with E-state index in [1.54, 1.807) is 0 Å². The summed E-state index contributed by atoms with van der Waals surface area (Å²) >= 11 is 0. The molecule has 5 nitrogen and oxygen atoms in total. The Labute approximate surface area is 192 Å². The van der Waals surface area contributed by atoms with Gasteiger partial charge in [-0.05, 0) is 79.1 Å². The number of hydrogen-bond donors (Lipinski definition) is 2. The molecule has 0 radical (unpaired) electrons. The molecule has 6 heteroatoms. The molecule has 0 spiro atoms. The monoisotopic (exact) mass is 410 g/mol. The number of Topliss-reactive ketones (excluding diaryl/α,β-unsaturated/α-hetero) is 1. The standard InChI is InChI=1S/C24H34O5.Li.H/c1-23-10-9-20-18(19(23)6-7-21(23)27)5-3-14-11-17(26)13-15(24(14,20)2)12-16(25)4-8-22(28)29;;/h11,15,18-21,27H,3-10,12-13H2,1-2H3,(H,28,29);;/q;+1;-1/t15?,18-,19-,20+,21?,23-,24+;;/m0../s1. The van der Waals surface area contributed by atoms with Crippen molar-refractivity contribution in [2.24, 2.45) is 34.5 Å². The summed E-state index contributed by atoms with van der Waals surface area (Å²) in [6, 6.07) is 0. The van der Waals surface area contributed by atoms with Gasteiger partial charge in [0.2, 0.25) is 0 Å². The van der Waals surface area contributed by atoms with Gasteiger partial charge in [0, 0.05) is 19.3 Å². The van der Waals surface area contributed by atoms with Crippen LogP contribution in [0.25, 0.3) is 0 Å². The van der Waals surface area contributed by atoms with Crippen molar-refractivity contribution in [1.29, 1.82) is 0 Å². The first kappa shape index (κ1) is 23.8. The van der Waals surface area contributed by atoms with Crippen LogP contribution in [-0.2, 0) is 14.4 Å². The average Bonchev–Trinajstić information content (AvgIpc) is 2.96. The van der Waals surface area contributed by atoms with Gasteiger partial charge in [-0.3, -0.25) is 14.4 Å². The first-order valence-corrected chi connectivity index (χ1v) is 11.3. The van der Waals surface area contributed by atoms with E-state index in [4.69, 9.17) is 5.11 Å². The van der Waals surface area contributed by atoms with Crippen molar-refractivity contribution in [3.8, 4) is 0 Å². The van der Waals surface area contributed by atoms with Crippen molar-refractivity contribution in [3.63, 3.8) is 0 Å². The number of carboxylic acids is 1. The number of carbonyl (C=O) groups excluding carboxylic acids is 2. The molecule has 2 N–H and O–H groups in total. The van der Waals surface area contributed by atoms with Crippen molar-refractivity contribution < 1.29 is 44.9 Å². The Kier molecular flexibility index (Phi) is 6.78. The van der Waals surface area contributed by atoms with Crippen molar-refractivity contribution in [1.82, 2.24) is 0 Å². The molecule has 0 aromatic carbocycles. The van der Waals surface area contributed by atoms with Gasteiger partial charge in [0.25, 0.3) is 0 Å². The van der Waals surface area contributed by atoms with E-state index in [1.807, 2.05) is 6.08 Å². The zero-order valence-electron chi connectivity index (χ0n) is 19.7. The van der Waals surface area contributed by atoms with Gasteiger partial charge in [-0.1, -0.05) is 19.4 Å². The maximum atomic E-state index is 12.5. The first-order chi connectivity index (χ1) is 13.7. The van der Waals surface area contributed by atoms with Gasteiger partial charge in [-0.15, -0.1) is 0 Å². The summed E-state index contributed by atoms with van der Waals surface area (Å²) in [6.45, 7) is 4.53. The predicted octanol–water partition coefficient (Wildman–Crippen LogP) is 1.05. The minimum Gasteiger partial charge on any atom is -1.00 e. The van der Waals surface area contributed by atoms with Crippen molar-refractivity contribution in [2.45, 2.75) is 84.2 Å². The Hall–Kier alpha value is -0.893. The molecule has 4 rings (SSSR count). The smallest absolute Gasteiger partial charge is 1.00 e. The molecule has 30 heavy (non-hydrogen) atoms. The number of fused-ring (bicyclic) bond motifs is 5. The fourth-order valence-corrected chi connectivity index (χ4v) is 7.64. The number of aliphatic hydroxyl groups is 1. The minimum absolute atomic E-state index is 0. The number of aliphatic carboxylic acids is 1. The second-order valence-corrected chi connectivity index (χ2v) is 10.5. The van der Waals surface area contributed by atoms with Crippen LogP contribution in [0.5, 0.6) is 0 Å². The van der Waals surface area contributed by atoms with Gasteiger partial charge < -0.3 is 11.6 Å². The van der Waals surface area contributed by atoms with Gasteiger partial charge in [0.15, 0.2) is 5.78 Å². The van der Waals surface area contributed by atoms with E-state index in [0.717, 1.165) is 38.5 Å². The Morgan fingerprint density at radius 2 is 1.87 bits per heavy atom. The second kappa shape index (κ2) is 8.56. The average molecular weight is 410 g/mol. The van der Waals surface area contributed by atoms with Gasteiger partial charge in [-0.2, -0.15) is 0 Å². The van der Waals surface area contributed by atoms with Gasteiger partial charge in [0.05, 0.1) is 12.5 Å². The van der Waals surface area contributed by atoms with E-state index in [-0.39, 0.29) is 67.5 Å². The van der Waals surface area contributed by atoms with E-state index in [1.165, 1.54) is 5.57 Å². The van der Waals surface area contributed by atoms with Gasteiger partial charge >= 0.3 is 24.8 Å². The van der Waals surface area contributed by atoms with E-state index < -0.39 is 5.97 Å². The Morgan fingerprint density at radius 3 is 2.57 bits per heavy atom. The molecule has 0 aromatic heterocycles. The largest absolute Gasteiger partial charge is 1.00 e. The topological polar surface area (TPSA) is 91.7 Å². The van der Waals surface area contributed by atoms with E-state index in [9.17, 15) is 19.5 Å². The van der Waals surface area contributed by atoms with Crippen LogP contribution < -0.4 is 18.9 Å². The number of ketones is 2. The van der Waals surface area contributed by atoms with E-state index >= 15 is 0 Å². The van der Waals surface area contributed by atoms with Crippen LogP contribution >= 0.6 is 0 Å². The second-order valence-electron chi connectivity index (χ2n) is 10.5. The summed E-state index contributed by atoms with van der Waals surface area (Å²) < 4.78 is 0. The van der Waals surface area contributed by atoms with E-state index in [2.05, 4.69) is 13.8 Å². The zero-order valence-corrected chi connectivity index (χ0v) is 18.7. The molecule has 4 aliphatic carbocycles. The van der Waals surface area contributed by atoms with Gasteiger partial charge in [-0.25, -0.2) is 0 Å². The molecule has 7 atom stereocenters. The Morgan fingerprint density at radius 1 is 1.13 bits per heavy atom. The molecular formula is C24H35LiO5. The number of hydrogen-bond acceptors (Lipinski definition) is 4. The normalized spacial score (nSPS) is 42.3. The summed E-state index contributed by atoms with van der Waals surface area (Å²) in [5, 5.41) is 19.5. The SMILES string of the molecule is C[C@]12CC[C@@H]3[C@@H](CCC4=CC(=O)CC(CC(=O)CCC(=O)O)[C@@]43C)[C@@H]1CCC2O.[H-].[Li+]. The number of carboxylic acid groups (broad SMARTS) is 1. The summed E-state index contributed by atoms with van der Waals surface area (Å²) in [4.78, 5) is 35.8. The van der Waals surface area contributed by atoms with Crippen LogP contribution in [-0.4, -0.2) is 33.9 Å². The molecule has 3 fully saturated rings. The van der Waals surface area contributed by atoms with Crippen LogP contribution in [0.4, 0.5) is 0 Å². The summed E-state index contributed by atoms with van der Waals surface area (Å²) in [7, 11) is 0. The molecule has 0 aromatic rings.